The standard InChI is InChI=1S/C29H32O5S/c1-20-14-26(32-12-5-13-35(3)31)15-21(2)29(20)23-7-4-6-22(16-23)18-33-25-8-9-27-24(10-11-30)19-34-28(27)17-25/h4,6-9,11,14-17,24H,5,10,12-13,18-19H2,1-3H3. The molecule has 1 aliphatic heterocycles. The number of hydrogen-bond acceptors (Lipinski definition) is 5. The summed E-state index contributed by atoms with van der Waals surface area (Å²) in [5.74, 6) is 3.20. The quantitative estimate of drug-likeness (QED) is 0.251. The SMILES string of the molecule is Cc1cc(OCCCS(C)=O)cc(C)c1-c1cccc(COc2ccc3c(c2)OCC3CC=O)c1. The summed E-state index contributed by atoms with van der Waals surface area (Å²) >= 11 is 0. The molecule has 0 bridgehead atoms. The minimum atomic E-state index is -0.788. The van der Waals surface area contributed by atoms with Crippen LogP contribution in [0.25, 0.3) is 11.1 Å². The molecular weight excluding hydrogens is 460 g/mol. The van der Waals surface area contributed by atoms with Crippen molar-refractivity contribution in [1.82, 2.24) is 0 Å². The van der Waals surface area contributed by atoms with E-state index < -0.39 is 10.8 Å². The van der Waals surface area contributed by atoms with E-state index in [2.05, 4.69) is 50.2 Å². The highest BCUT2D eigenvalue weighted by atomic mass is 32.2. The lowest BCUT2D eigenvalue weighted by atomic mass is 9.94. The summed E-state index contributed by atoms with van der Waals surface area (Å²) in [5, 5.41) is 0. The summed E-state index contributed by atoms with van der Waals surface area (Å²) in [6.07, 6.45) is 3.92. The van der Waals surface area contributed by atoms with Gasteiger partial charge in [0.05, 0.1) is 13.2 Å². The van der Waals surface area contributed by atoms with Crippen LogP contribution in [0.1, 0.15) is 41.0 Å². The summed E-state index contributed by atoms with van der Waals surface area (Å²) in [4.78, 5) is 10.9. The van der Waals surface area contributed by atoms with Gasteiger partial charge in [0.25, 0.3) is 0 Å². The smallest absolute Gasteiger partial charge is 0.126 e. The maximum Gasteiger partial charge on any atom is 0.126 e. The Morgan fingerprint density at radius 3 is 2.57 bits per heavy atom. The Balaban J connectivity index is 1.43. The van der Waals surface area contributed by atoms with Crippen molar-refractivity contribution < 1.29 is 23.2 Å². The molecule has 0 spiro atoms. The minimum absolute atomic E-state index is 0.137. The number of fused-ring (bicyclic) bond motifs is 1. The molecule has 0 saturated carbocycles. The highest BCUT2D eigenvalue weighted by molar-refractivity contribution is 7.84. The highest BCUT2D eigenvalue weighted by Gasteiger charge is 2.24. The van der Waals surface area contributed by atoms with Crippen LogP contribution < -0.4 is 14.2 Å². The second-order valence-corrected chi connectivity index (χ2v) is 10.6. The van der Waals surface area contributed by atoms with Crippen molar-refractivity contribution in [2.75, 3.05) is 25.2 Å². The third kappa shape index (κ3) is 6.31. The maximum atomic E-state index is 11.2. The van der Waals surface area contributed by atoms with Crippen molar-refractivity contribution in [2.24, 2.45) is 0 Å². The third-order valence-corrected chi connectivity index (χ3v) is 7.08. The molecule has 35 heavy (non-hydrogen) atoms. The van der Waals surface area contributed by atoms with Crippen LogP contribution >= 0.6 is 0 Å². The van der Waals surface area contributed by atoms with E-state index in [0.717, 1.165) is 57.8 Å². The van der Waals surface area contributed by atoms with Crippen LogP contribution in [0.15, 0.2) is 54.6 Å². The molecule has 1 heterocycles. The molecule has 5 nitrogen and oxygen atoms in total. The number of aldehydes is 1. The van der Waals surface area contributed by atoms with Gasteiger partial charge in [-0.1, -0.05) is 24.3 Å². The van der Waals surface area contributed by atoms with Crippen molar-refractivity contribution >= 4 is 17.1 Å². The van der Waals surface area contributed by atoms with Crippen molar-refractivity contribution in [3.05, 3.63) is 76.9 Å². The van der Waals surface area contributed by atoms with Crippen molar-refractivity contribution in [1.29, 1.82) is 0 Å². The normalized spacial score (nSPS) is 15.2. The van der Waals surface area contributed by atoms with Gasteiger partial charge in [-0.3, -0.25) is 4.21 Å². The van der Waals surface area contributed by atoms with Crippen molar-refractivity contribution in [3.8, 4) is 28.4 Å². The van der Waals surface area contributed by atoms with Gasteiger partial charge in [0, 0.05) is 46.8 Å². The first kappa shape index (κ1) is 25.0. The van der Waals surface area contributed by atoms with E-state index in [4.69, 9.17) is 14.2 Å². The van der Waals surface area contributed by atoms with Gasteiger partial charge in [-0.15, -0.1) is 0 Å². The van der Waals surface area contributed by atoms with Crippen LogP contribution in [0.4, 0.5) is 0 Å². The van der Waals surface area contributed by atoms with E-state index >= 15 is 0 Å². The number of carbonyl (C=O) groups is 1. The van der Waals surface area contributed by atoms with Gasteiger partial charge in [0.15, 0.2) is 0 Å². The molecule has 4 rings (SSSR count). The molecule has 6 heteroatoms. The van der Waals surface area contributed by atoms with Crippen LogP contribution in [0.5, 0.6) is 17.2 Å². The molecular formula is C29H32O5S. The van der Waals surface area contributed by atoms with E-state index in [0.29, 0.717) is 32.0 Å². The predicted octanol–water partition coefficient (Wildman–Crippen LogP) is 5.76. The van der Waals surface area contributed by atoms with Gasteiger partial charge < -0.3 is 19.0 Å². The van der Waals surface area contributed by atoms with E-state index in [1.165, 1.54) is 5.56 Å². The molecule has 184 valence electrons. The topological polar surface area (TPSA) is 61.8 Å². The second-order valence-electron chi connectivity index (χ2n) is 9.01. The Kier molecular flexibility index (Phi) is 8.24. The molecule has 0 fully saturated rings. The van der Waals surface area contributed by atoms with Gasteiger partial charge in [0.2, 0.25) is 0 Å². The van der Waals surface area contributed by atoms with Crippen molar-refractivity contribution in [3.63, 3.8) is 0 Å². The monoisotopic (exact) mass is 492 g/mol. The van der Waals surface area contributed by atoms with Gasteiger partial charge in [-0.2, -0.15) is 0 Å². The van der Waals surface area contributed by atoms with Crippen LogP contribution in [0, 0.1) is 13.8 Å². The molecule has 0 aromatic heterocycles. The molecule has 3 aromatic rings. The molecule has 0 radical (unpaired) electrons. The van der Waals surface area contributed by atoms with E-state index in [-0.39, 0.29) is 5.92 Å². The summed E-state index contributed by atoms with van der Waals surface area (Å²) in [6.45, 7) is 5.75. The van der Waals surface area contributed by atoms with Gasteiger partial charge in [0.1, 0.15) is 30.1 Å². The summed E-state index contributed by atoms with van der Waals surface area (Å²) in [6, 6.07) is 18.4. The van der Waals surface area contributed by atoms with Crippen LogP contribution in [0.3, 0.4) is 0 Å². The Morgan fingerprint density at radius 1 is 1.03 bits per heavy atom. The second kappa shape index (κ2) is 11.5. The highest BCUT2D eigenvalue weighted by Crippen LogP contribution is 2.38. The molecule has 0 amide bonds. The molecule has 0 saturated heterocycles. The Morgan fingerprint density at radius 2 is 1.83 bits per heavy atom. The fraction of sp³-hybridized carbons (Fsp3) is 0.345. The van der Waals surface area contributed by atoms with Crippen LogP contribution in [-0.2, 0) is 22.2 Å². The average Bonchev–Trinajstić information content (AvgIpc) is 3.23. The number of benzene rings is 3. The summed E-state index contributed by atoms with van der Waals surface area (Å²) < 4.78 is 28.9. The third-order valence-electron chi connectivity index (χ3n) is 6.22. The van der Waals surface area contributed by atoms with E-state index in [9.17, 15) is 9.00 Å². The molecule has 0 aliphatic carbocycles. The minimum Gasteiger partial charge on any atom is -0.494 e. The van der Waals surface area contributed by atoms with Crippen molar-refractivity contribution in [2.45, 2.75) is 39.2 Å². The molecule has 2 unspecified atom stereocenters. The number of carbonyl (C=O) groups excluding carboxylic acids is 1. The zero-order valence-electron chi connectivity index (χ0n) is 20.5. The number of aryl methyl sites for hydroxylation is 2. The average molecular weight is 493 g/mol. The Hall–Kier alpha value is -3.12. The summed E-state index contributed by atoms with van der Waals surface area (Å²) in [7, 11) is -0.788. The number of ether oxygens (including phenoxy) is 3. The molecule has 1 aliphatic rings. The number of rotatable bonds is 11. The van der Waals surface area contributed by atoms with Gasteiger partial charge in [-0.25, -0.2) is 0 Å². The lowest BCUT2D eigenvalue weighted by Gasteiger charge is -2.15. The predicted molar refractivity (Wildman–Crippen MR) is 140 cm³/mol. The van der Waals surface area contributed by atoms with Crippen LogP contribution in [0.2, 0.25) is 0 Å². The van der Waals surface area contributed by atoms with Gasteiger partial charge >= 0.3 is 0 Å². The number of hydrogen-bond donors (Lipinski definition) is 0. The zero-order chi connectivity index (χ0) is 24.8. The maximum absolute atomic E-state index is 11.2. The first-order chi connectivity index (χ1) is 16.9. The van der Waals surface area contributed by atoms with E-state index in [1.54, 1.807) is 6.26 Å². The fourth-order valence-corrected chi connectivity index (χ4v) is 5.08. The molecule has 0 N–H and O–H groups in total. The zero-order valence-corrected chi connectivity index (χ0v) is 21.4. The largest absolute Gasteiger partial charge is 0.494 e. The first-order valence-corrected chi connectivity index (χ1v) is 13.6. The van der Waals surface area contributed by atoms with Gasteiger partial charge in [-0.05, 0) is 72.4 Å². The summed E-state index contributed by atoms with van der Waals surface area (Å²) in [5.41, 5.74) is 6.79. The lowest BCUT2D eigenvalue weighted by Crippen LogP contribution is -2.04. The molecule has 3 aromatic carbocycles. The first-order valence-electron chi connectivity index (χ1n) is 11.9. The Labute approximate surface area is 209 Å². The van der Waals surface area contributed by atoms with Crippen LogP contribution in [-0.4, -0.2) is 35.7 Å². The Bertz CT molecular complexity index is 1200. The molecule has 2 atom stereocenters. The van der Waals surface area contributed by atoms with E-state index in [1.807, 2.05) is 18.2 Å². The fourth-order valence-electron chi connectivity index (χ4n) is 4.56. The lowest BCUT2D eigenvalue weighted by molar-refractivity contribution is -0.108.